The summed E-state index contributed by atoms with van der Waals surface area (Å²) in [4.78, 5) is 21.6. The van der Waals surface area contributed by atoms with E-state index in [4.69, 9.17) is 5.73 Å². The van der Waals surface area contributed by atoms with Crippen molar-refractivity contribution in [3.63, 3.8) is 0 Å². The number of nitrogens with two attached hydrogens (primary N) is 1. The molecule has 4 aromatic rings. The predicted molar refractivity (Wildman–Crippen MR) is 155 cm³/mol. The quantitative estimate of drug-likeness (QED) is 0.0832. The molecule has 14 heteroatoms. The number of benzene rings is 3. The SMILES string of the molecule is Cc1ccccc1SNCN=C(N)NC(=O)NCCCc1cccc(-c2ncn(-c3ccc(OC(F)(F)F)cc3)n2)c1. The summed E-state index contributed by atoms with van der Waals surface area (Å²) in [6.07, 6.45) is -1.90. The fraction of sp³-hybridized carbons (Fsp3) is 0.214. The van der Waals surface area contributed by atoms with E-state index in [0.717, 1.165) is 21.6 Å². The fourth-order valence-corrected chi connectivity index (χ4v) is 4.44. The van der Waals surface area contributed by atoms with Gasteiger partial charge in [-0.1, -0.05) is 36.4 Å². The first kappa shape index (κ1) is 30.4. The number of hydrogen-bond donors (Lipinski definition) is 4. The van der Waals surface area contributed by atoms with Crippen LogP contribution in [0.5, 0.6) is 5.75 Å². The molecular weight excluding hydrogens is 569 g/mol. The number of hydrogen-bond acceptors (Lipinski definition) is 7. The first-order chi connectivity index (χ1) is 20.2. The number of aliphatic imine (C=N–C) groups is 1. The molecule has 0 aliphatic carbocycles. The lowest BCUT2D eigenvalue weighted by atomic mass is 10.1. The van der Waals surface area contributed by atoms with Crippen molar-refractivity contribution in [2.75, 3.05) is 13.2 Å². The van der Waals surface area contributed by atoms with Gasteiger partial charge in [-0.05, 0) is 79.2 Å². The molecule has 42 heavy (non-hydrogen) atoms. The second-order valence-electron chi connectivity index (χ2n) is 8.95. The van der Waals surface area contributed by atoms with Crippen LogP contribution in [0.3, 0.4) is 0 Å². The van der Waals surface area contributed by atoms with Gasteiger partial charge in [-0.2, -0.15) is 0 Å². The summed E-state index contributed by atoms with van der Waals surface area (Å²) < 4.78 is 45.6. The van der Waals surface area contributed by atoms with Crippen LogP contribution in [0.2, 0.25) is 0 Å². The van der Waals surface area contributed by atoms with Crippen molar-refractivity contribution in [3.8, 4) is 22.8 Å². The number of carbonyl (C=O) groups is 1. The topological polar surface area (TPSA) is 131 Å². The van der Waals surface area contributed by atoms with E-state index in [2.05, 4.69) is 35.2 Å². The van der Waals surface area contributed by atoms with Crippen LogP contribution in [0.4, 0.5) is 18.0 Å². The van der Waals surface area contributed by atoms with Crippen molar-refractivity contribution in [2.24, 2.45) is 10.7 Å². The third-order valence-corrected chi connectivity index (χ3v) is 6.72. The van der Waals surface area contributed by atoms with E-state index >= 15 is 0 Å². The molecule has 0 spiro atoms. The fourth-order valence-electron chi connectivity index (χ4n) is 3.78. The van der Waals surface area contributed by atoms with Crippen molar-refractivity contribution in [2.45, 2.75) is 31.0 Å². The number of urea groups is 1. The number of nitrogens with zero attached hydrogens (tertiary/aromatic N) is 4. The number of aromatic nitrogens is 3. The smallest absolute Gasteiger partial charge is 0.406 e. The molecule has 0 atom stereocenters. The zero-order chi connectivity index (χ0) is 30.0. The molecule has 2 amide bonds. The van der Waals surface area contributed by atoms with Crippen molar-refractivity contribution in [3.05, 3.63) is 90.3 Å². The largest absolute Gasteiger partial charge is 0.573 e. The number of aryl methyl sites for hydroxylation is 2. The third-order valence-electron chi connectivity index (χ3n) is 5.77. The van der Waals surface area contributed by atoms with E-state index in [1.165, 1.54) is 47.2 Å². The van der Waals surface area contributed by atoms with Gasteiger partial charge >= 0.3 is 12.4 Å². The van der Waals surface area contributed by atoms with Gasteiger partial charge in [0.1, 0.15) is 18.7 Å². The van der Waals surface area contributed by atoms with Crippen molar-refractivity contribution < 1.29 is 22.7 Å². The van der Waals surface area contributed by atoms with Crippen LogP contribution >= 0.6 is 11.9 Å². The minimum absolute atomic E-state index is 0.00982. The van der Waals surface area contributed by atoms with Crippen LogP contribution in [0.15, 0.2) is 89.0 Å². The van der Waals surface area contributed by atoms with Gasteiger partial charge in [-0.3, -0.25) is 5.32 Å². The molecule has 0 bridgehead atoms. The van der Waals surface area contributed by atoms with E-state index in [0.29, 0.717) is 30.9 Å². The average molecular weight is 599 g/mol. The number of halogens is 3. The second kappa shape index (κ2) is 14.4. The minimum atomic E-state index is -4.75. The standard InChI is InChI=1S/C28H29F3N8O2S/c1-19-6-2-3-10-24(19)42-36-17-34-26(32)37-27(40)33-15-5-8-20-7-4-9-21(16-20)25-35-18-39(38-25)22-11-13-23(14-12-22)41-28(29,30)31/h2-4,6-7,9-14,16,18,36H,5,8,15,17H2,1H3,(H4,32,33,34,37,40). The lowest BCUT2D eigenvalue weighted by Gasteiger charge is -2.09. The average Bonchev–Trinajstić information content (AvgIpc) is 3.45. The molecule has 3 aromatic carbocycles. The summed E-state index contributed by atoms with van der Waals surface area (Å²) >= 11 is 1.44. The molecule has 0 saturated carbocycles. The monoisotopic (exact) mass is 598 g/mol. The molecule has 0 unspecified atom stereocenters. The Kier molecular flexibility index (Phi) is 10.4. The van der Waals surface area contributed by atoms with Crippen LogP contribution in [0.1, 0.15) is 17.5 Å². The predicted octanol–water partition coefficient (Wildman–Crippen LogP) is 4.94. The highest BCUT2D eigenvalue weighted by Crippen LogP contribution is 2.24. The Morgan fingerprint density at radius 1 is 1.10 bits per heavy atom. The summed E-state index contributed by atoms with van der Waals surface area (Å²) in [7, 11) is 0. The molecule has 0 saturated heterocycles. The van der Waals surface area contributed by atoms with Crippen LogP contribution in [-0.4, -0.2) is 46.3 Å². The molecule has 1 heterocycles. The zero-order valence-corrected chi connectivity index (χ0v) is 23.4. The number of guanidine groups is 1. The maximum absolute atomic E-state index is 12.4. The van der Waals surface area contributed by atoms with E-state index < -0.39 is 12.4 Å². The summed E-state index contributed by atoms with van der Waals surface area (Å²) in [6.45, 7) is 2.68. The van der Waals surface area contributed by atoms with Crippen molar-refractivity contribution in [1.29, 1.82) is 0 Å². The molecule has 0 radical (unpaired) electrons. The van der Waals surface area contributed by atoms with Crippen LogP contribution in [0.25, 0.3) is 17.1 Å². The maximum Gasteiger partial charge on any atom is 0.573 e. The van der Waals surface area contributed by atoms with Gasteiger partial charge in [0, 0.05) is 17.0 Å². The Morgan fingerprint density at radius 2 is 1.88 bits per heavy atom. The number of amides is 2. The van der Waals surface area contributed by atoms with Crippen LogP contribution < -0.4 is 25.8 Å². The first-order valence-electron chi connectivity index (χ1n) is 12.8. The number of alkyl halides is 3. The highest BCUT2D eigenvalue weighted by molar-refractivity contribution is 7.97. The van der Waals surface area contributed by atoms with Gasteiger partial charge in [-0.25, -0.2) is 24.2 Å². The zero-order valence-electron chi connectivity index (χ0n) is 22.6. The molecule has 0 aliphatic rings. The number of nitrogens with one attached hydrogen (secondary N) is 3. The summed E-state index contributed by atoms with van der Waals surface area (Å²) in [6, 6.07) is 20.5. The third kappa shape index (κ3) is 9.52. The molecule has 4 rings (SSSR count). The molecular formula is C28H29F3N8O2S. The van der Waals surface area contributed by atoms with Crippen LogP contribution in [-0.2, 0) is 6.42 Å². The molecule has 0 fully saturated rings. The van der Waals surface area contributed by atoms with Crippen LogP contribution in [0, 0.1) is 6.92 Å². The summed E-state index contributed by atoms with van der Waals surface area (Å²) in [5.41, 5.74) is 9.28. The molecule has 5 N–H and O–H groups in total. The second-order valence-corrected chi connectivity index (χ2v) is 9.89. The van der Waals surface area contributed by atoms with Gasteiger partial charge in [0.15, 0.2) is 11.8 Å². The Hall–Kier alpha value is -4.56. The first-order valence-corrected chi connectivity index (χ1v) is 13.7. The van der Waals surface area contributed by atoms with Gasteiger partial charge in [0.25, 0.3) is 0 Å². The molecule has 1 aromatic heterocycles. The van der Waals surface area contributed by atoms with E-state index in [9.17, 15) is 18.0 Å². The van der Waals surface area contributed by atoms with E-state index in [1.54, 1.807) is 0 Å². The van der Waals surface area contributed by atoms with E-state index in [1.807, 2.05) is 55.5 Å². The maximum atomic E-state index is 12.4. The highest BCUT2D eigenvalue weighted by atomic mass is 32.2. The van der Waals surface area contributed by atoms with Gasteiger partial charge in [-0.15, -0.1) is 18.3 Å². The molecule has 10 nitrogen and oxygen atoms in total. The normalized spacial score (nSPS) is 11.8. The Balaban J connectivity index is 1.19. The van der Waals surface area contributed by atoms with Gasteiger partial charge in [0.05, 0.1) is 5.69 Å². The number of rotatable bonds is 11. The van der Waals surface area contributed by atoms with Crippen molar-refractivity contribution >= 4 is 23.9 Å². The summed E-state index contributed by atoms with van der Waals surface area (Å²) in [5, 5.41) is 9.69. The van der Waals surface area contributed by atoms with Crippen molar-refractivity contribution in [1.82, 2.24) is 30.1 Å². The van der Waals surface area contributed by atoms with Gasteiger partial charge in [0.2, 0.25) is 0 Å². The Labute approximate surface area is 244 Å². The Morgan fingerprint density at radius 3 is 2.64 bits per heavy atom. The highest BCUT2D eigenvalue weighted by Gasteiger charge is 2.31. The minimum Gasteiger partial charge on any atom is -0.406 e. The Bertz CT molecular complexity index is 1510. The number of carbonyl (C=O) groups excluding carboxylic acids is 1. The molecule has 220 valence electrons. The summed E-state index contributed by atoms with van der Waals surface area (Å²) in [5.74, 6) is 0.158. The molecule has 0 aliphatic heterocycles. The lowest BCUT2D eigenvalue weighted by molar-refractivity contribution is -0.274. The van der Waals surface area contributed by atoms with E-state index in [-0.39, 0.29) is 18.4 Å². The van der Waals surface area contributed by atoms with Gasteiger partial charge < -0.3 is 15.8 Å². The lowest BCUT2D eigenvalue weighted by Crippen LogP contribution is -2.44. The number of ether oxygens (including phenoxy) is 1.